The van der Waals surface area contributed by atoms with Gasteiger partial charge in [-0.25, -0.2) is 4.98 Å². The zero-order valence-electron chi connectivity index (χ0n) is 9.87. The lowest BCUT2D eigenvalue weighted by molar-refractivity contribution is -0.137. The van der Waals surface area contributed by atoms with Crippen LogP contribution in [0.5, 0.6) is 0 Å². The van der Waals surface area contributed by atoms with Gasteiger partial charge in [0.25, 0.3) is 0 Å². The summed E-state index contributed by atoms with van der Waals surface area (Å²) in [6.07, 6.45) is -4.44. The molecule has 1 saturated heterocycles. The second-order valence-corrected chi connectivity index (χ2v) is 4.26. The van der Waals surface area contributed by atoms with E-state index < -0.39 is 11.7 Å². The highest BCUT2D eigenvalue weighted by atomic mass is 19.4. The van der Waals surface area contributed by atoms with E-state index in [1.54, 1.807) is 4.90 Å². The van der Waals surface area contributed by atoms with Crippen molar-refractivity contribution in [3.8, 4) is 0 Å². The molecule has 0 aliphatic carbocycles. The van der Waals surface area contributed by atoms with Crippen molar-refractivity contribution >= 4 is 11.6 Å². The summed E-state index contributed by atoms with van der Waals surface area (Å²) in [6.45, 7) is 3.36. The van der Waals surface area contributed by atoms with Gasteiger partial charge in [-0.1, -0.05) is 0 Å². The van der Waals surface area contributed by atoms with E-state index in [0.717, 1.165) is 12.1 Å². The predicted octanol–water partition coefficient (Wildman–Crippen LogP) is 1.91. The molecule has 1 aromatic heterocycles. The van der Waals surface area contributed by atoms with Crippen LogP contribution >= 0.6 is 0 Å². The molecule has 1 aliphatic rings. The Morgan fingerprint density at radius 2 is 2.17 bits per heavy atom. The van der Waals surface area contributed by atoms with Gasteiger partial charge in [0, 0.05) is 13.1 Å². The summed E-state index contributed by atoms with van der Waals surface area (Å²) in [5.41, 5.74) is 4.65. The smallest absolute Gasteiger partial charge is 0.384 e. The monoisotopic (exact) mass is 261 g/mol. The van der Waals surface area contributed by atoms with Crippen molar-refractivity contribution in [2.75, 3.05) is 30.3 Å². The lowest BCUT2D eigenvalue weighted by Gasteiger charge is -2.32. The minimum absolute atomic E-state index is 0.0312. The van der Waals surface area contributed by atoms with Crippen LogP contribution in [0.1, 0.15) is 12.5 Å². The predicted molar refractivity (Wildman–Crippen MR) is 61.3 cm³/mol. The molecular weight excluding hydrogens is 247 g/mol. The maximum Gasteiger partial charge on any atom is 0.416 e. The lowest BCUT2D eigenvalue weighted by atomic mass is 10.2. The zero-order chi connectivity index (χ0) is 13.3. The van der Waals surface area contributed by atoms with Crippen LogP contribution in [-0.4, -0.2) is 30.8 Å². The zero-order valence-corrected chi connectivity index (χ0v) is 9.87. The van der Waals surface area contributed by atoms with Crippen molar-refractivity contribution in [2.24, 2.45) is 0 Å². The minimum Gasteiger partial charge on any atom is -0.384 e. The van der Waals surface area contributed by atoms with Crippen LogP contribution in [0.25, 0.3) is 0 Å². The van der Waals surface area contributed by atoms with Gasteiger partial charge < -0.3 is 15.4 Å². The van der Waals surface area contributed by atoms with Crippen molar-refractivity contribution in [3.05, 3.63) is 17.7 Å². The number of aromatic nitrogens is 1. The quantitative estimate of drug-likeness (QED) is 0.839. The number of ether oxygens (including phenoxy) is 1. The van der Waals surface area contributed by atoms with Crippen LogP contribution < -0.4 is 10.6 Å². The summed E-state index contributed by atoms with van der Waals surface area (Å²) in [5, 5.41) is 0. The highest BCUT2D eigenvalue weighted by molar-refractivity contribution is 5.49. The molecule has 1 fully saturated rings. The Kier molecular flexibility index (Phi) is 3.34. The van der Waals surface area contributed by atoms with E-state index in [9.17, 15) is 13.2 Å². The average molecular weight is 261 g/mol. The highest BCUT2D eigenvalue weighted by Gasteiger charge is 2.32. The molecule has 0 spiro atoms. The molecule has 1 aliphatic heterocycles. The number of alkyl halides is 3. The Bertz CT molecular complexity index is 436. The number of morpholine rings is 1. The Balaban J connectivity index is 2.30. The molecule has 0 radical (unpaired) electrons. The van der Waals surface area contributed by atoms with E-state index >= 15 is 0 Å². The van der Waals surface area contributed by atoms with Crippen molar-refractivity contribution in [2.45, 2.75) is 19.2 Å². The number of rotatable bonds is 1. The van der Waals surface area contributed by atoms with E-state index in [4.69, 9.17) is 10.5 Å². The third-order valence-corrected chi connectivity index (χ3v) is 2.72. The maximum atomic E-state index is 12.7. The van der Waals surface area contributed by atoms with E-state index in [1.807, 2.05) is 6.92 Å². The number of hydrogen-bond acceptors (Lipinski definition) is 4. The molecule has 2 N–H and O–H groups in total. The summed E-state index contributed by atoms with van der Waals surface area (Å²) in [4.78, 5) is 5.70. The number of pyridine rings is 1. The highest BCUT2D eigenvalue weighted by Crippen LogP contribution is 2.32. The van der Waals surface area contributed by atoms with Gasteiger partial charge in [-0.05, 0) is 19.1 Å². The first-order valence-corrected chi connectivity index (χ1v) is 5.57. The number of nitrogens with zero attached hydrogens (tertiary/aromatic N) is 2. The maximum absolute atomic E-state index is 12.7. The Morgan fingerprint density at radius 3 is 2.78 bits per heavy atom. The van der Waals surface area contributed by atoms with Gasteiger partial charge in [-0.3, -0.25) is 0 Å². The van der Waals surface area contributed by atoms with E-state index in [2.05, 4.69) is 4.98 Å². The molecular formula is C11H14F3N3O. The van der Waals surface area contributed by atoms with Gasteiger partial charge >= 0.3 is 6.18 Å². The van der Waals surface area contributed by atoms with Gasteiger partial charge in [0.15, 0.2) is 0 Å². The third-order valence-electron chi connectivity index (χ3n) is 2.72. The second-order valence-electron chi connectivity index (χ2n) is 4.26. The average Bonchev–Trinajstić information content (AvgIpc) is 2.27. The lowest BCUT2D eigenvalue weighted by Crippen LogP contribution is -2.41. The largest absolute Gasteiger partial charge is 0.416 e. The van der Waals surface area contributed by atoms with Gasteiger partial charge in [0.05, 0.1) is 18.3 Å². The summed E-state index contributed by atoms with van der Waals surface area (Å²) in [7, 11) is 0. The molecule has 100 valence electrons. The second kappa shape index (κ2) is 4.64. The van der Waals surface area contributed by atoms with Gasteiger partial charge in [-0.2, -0.15) is 13.2 Å². The first-order valence-electron chi connectivity index (χ1n) is 5.57. The summed E-state index contributed by atoms with van der Waals surface area (Å²) in [5.74, 6) is 0.122. The fourth-order valence-corrected chi connectivity index (χ4v) is 1.89. The SMILES string of the molecule is C[C@@H]1CN(c2cc(C(F)(F)F)cc(N)n2)CCO1. The molecule has 0 bridgehead atoms. The molecule has 1 atom stereocenters. The summed E-state index contributed by atoms with van der Waals surface area (Å²) in [6, 6.07) is 1.86. The van der Waals surface area contributed by atoms with Crippen LogP contribution in [0.2, 0.25) is 0 Å². The summed E-state index contributed by atoms with van der Waals surface area (Å²) >= 11 is 0. The molecule has 18 heavy (non-hydrogen) atoms. The first kappa shape index (κ1) is 12.9. The number of nitrogen functional groups attached to an aromatic ring is 1. The van der Waals surface area contributed by atoms with Crippen molar-refractivity contribution in [1.82, 2.24) is 4.98 Å². The molecule has 0 unspecified atom stereocenters. The van der Waals surface area contributed by atoms with E-state index in [1.165, 1.54) is 0 Å². The van der Waals surface area contributed by atoms with Crippen molar-refractivity contribution in [3.63, 3.8) is 0 Å². The molecule has 2 heterocycles. The van der Waals surface area contributed by atoms with Crippen molar-refractivity contribution < 1.29 is 17.9 Å². The Labute approximate surface area is 103 Å². The van der Waals surface area contributed by atoms with Crippen LogP contribution in [-0.2, 0) is 10.9 Å². The molecule has 4 nitrogen and oxygen atoms in total. The van der Waals surface area contributed by atoms with E-state index in [0.29, 0.717) is 19.7 Å². The van der Waals surface area contributed by atoms with Crippen LogP contribution in [0.4, 0.5) is 24.8 Å². The van der Waals surface area contributed by atoms with Crippen LogP contribution in [0.15, 0.2) is 12.1 Å². The van der Waals surface area contributed by atoms with Gasteiger partial charge in [0.2, 0.25) is 0 Å². The molecule has 0 saturated carbocycles. The molecule has 0 aromatic carbocycles. The normalized spacial score (nSPS) is 21.1. The van der Waals surface area contributed by atoms with Crippen LogP contribution in [0, 0.1) is 0 Å². The van der Waals surface area contributed by atoms with Crippen LogP contribution in [0.3, 0.4) is 0 Å². The standard InChI is InChI=1S/C11H14F3N3O/c1-7-6-17(2-3-18-7)10-5-8(11(12,13)14)4-9(15)16-10/h4-5,7H,2-3,6H2,1H3,(H2,15,16)/t7-/m1/s1. The fourth-order valence-electron chi connectivity index (χ4n) is 1.89. The fraction of sp³-hybridized carbons (Fsp3) is 0.545. The molecule has 2 rings (SSSR count). The molecule has 0 amide bonds. The van der Waals surface area contributed by atoms with Gasteiger partial charge in [-0.15, -0.1) is 0 Å². The topological polar surface area (TPSA) is 51.4 Å². The Hall–Kier alpha value is -1.50. The third kappa shape index (κ3) is 2.84. The number of anilines is 2. The van der Waals surface area contributed by atoms with Crippen molar-refractivity contribution in [1.29, 1.82) is 0 Å². The summed E-state index contributed by atoms with van der Waals surface area (Å²) < 4.78 is 43.3. The Morgan fingerprint density at radius 1 is 1.44 bits per heavy atom. The number of hydrogen-bond donors (Lipinski definition) is 1. The first-order chi connectivity index (χ1) is 8.36. The number of halogens is 3. The van der Waals surface area contributed by atoms with E-state index in [-0.39, 0.29) is 17.7 Å². The van der Waals surface area contributed by atoms with Gasteiger partial charge in [0.1, 0.15) is 11.6 Å². The molecule has 1 aromatic rings. The molecule has 7 heteroatoms. The number of nitrogens with two attached hydrogens (primary N) is 1. The minimum atomic E-state index is -4.41.